The molecule has 1 atom stereocenters. The number of nitro groups is 1. The fourth-order valence-electron chi connectivity index (χ4n) is 3.09. The summed E-state index contributed by atoms with van der Waals surface area (Å²) < 4.78 is 26.4. The molecule has 3 rings (SSSR count). The van der Waals surface area contributed by atoms with E-state index < -0.39 is 22.3 Å². The molecule has 1 N–H and O–H groups in total. The molecule has 1 unspecified atom stereocenters. The van der Waals surface area contributed by atoms with Crippen molar-refractivity contribution >= 4 is 35.0 Å². The Morgan fingerprint density at radius 3 is 2.67 bits per heavy atom. The van der Waals surface area contributed by atoms with E-state index in [-0.39, 0.29) is 36.3 Å². The van der Waals surface area contributed by atoms with E-state index in [0.29, 0.717) is 13.0 Å². The number of carbonyl (C=O) groups excluding carboxylic acids is 2. The lowest BCUT2D eigenvalue weighted by molar-refractivity contribution is -0.387. The van der Waals surface area contributed by atoms with Gasteiger partial charge >= 0.3 is 5.69 Å². The summed E-state index contributed by atoms with van der Waals surface area (Å²) in [5, 5.41) is 13.7. The zero-order valence-electron chi connectivity index (χ0n) is 15.8. The van der Waals surface area contributed by atoms with Gasteiger partial charge in [-0.25, -0.2) is 4.39 Å². The van der Waals surface area contributed by atoms with E-state index in [9.17, 15) is 28.5 Å². The van der Waals surface area contributed by atoms with Gasteiger partial charge in [-0.05, 0) is 48.6 Å². The average Bonchev–Trinajstić information content (AvgIpc) is 3.11. The summed E-state index contributed by atoms with van der Waals surface area (Å²) in [6, 6.07) is 9.39. The van der Waals surface area contributed by atoms with Crippen molar-refractivity contribution < 1.29 is 23.3 Å². The number of nitrogens with zero attached hydrogens (tertiary/aromatic N) is 2. The first kappa shape index (κ1) is 21.7. The molecule has 0 saturated carbocycles. The van der Waals surface area contributed by atoms with Crippen molar-refractivity contribution in [3.05, 3.63) is 64.2 Å². The lowest BCUT2D eigenvalue weighted by Gasteiger charge is -2.16. The highest BCUT2D eigenvalue weighted by molar-refractivity contribution is 7.99. The third kappa shape index (κ3) is 5.32. The van der Waals surface area contributed by atoms with E-state index >= 15 is 0 Å². The summed E-state index contributed by atoms with van der Waals surface area (Å²) >= 11 is 1.55. The van der Waals surface area contributed by atoms with Gasteiger partial charge in [-0.15, -0.1) is 11.8 Å². The van der Waals surface area contributed by atoms with Gasteiger partial charge in [0, 0.05) is 30.5 Å². The second-order valence-electron chi connectivity index (χ2n) is 6.75. The smallest absolute Gasteiger partial charge is 0.306 e. The molecule has 0 radical (unpaired) electrons. The van der Waals surface area contributed by atoms with E-state index in [2.05, 4.69) is 5.32 Å². The zero-order chi connectivity index (χ0) is 21.7. The first-order valence-electron chi connectivity index (χ1n) is 9.25. The van der Waals surface area contributed by atoms with E-state index in [1.807, 2.05) is 0 Å². The fraction of sp³-hybridized carbons (Fsp3) is 0.300. The molecule has 158 valence electrons. The molecule has 0 aromatic heterocycles. The Labute approximate surface area is 175 Å². The molecule has 0 aliphatic carbocycles. The molecular weight excluding hydrogens is 416 g/mol. The van der Waals surface area contributed by atoms with Crippen LogP contribution in [-0.4, -0.2) is 35.6 Å². The Hall–Kier alpha value is -3.01. The van der Waals surface area contributed by atoms with Crippen LogP contribution in [0.4, 0.5) is 20.2 Å². The molecule has 1 saturated heterocycles. The van der Waals surface area contributed by atoms with E-state index in [4.69, 9.17) is 0 Å². The lowest BCUT2D eigenvalue weighted by Crippen LogP contribution is -2.33. The number of halogens is 2. The second kappa shape index (κ2) is 9.66. The molecule has 1 aliphatic heterocycles. The number of thioether (sulfide) groups is 1. The van der Waals surface area contributed by atoms with Gasteiger partial charge in [0.2, 0.25) is 17.6 Å². The summed E-state index contributed by atoms with van der Waals surface area (Å²) in [6.45, 7) is 0.511. The van der Waals surface area contributed by atoms with E-state index in [0.717, 1.165) is 22.8 Å². The van der Waals surface area contributed by atoms with Crippen molar-refractivity contribution in [2.24, 2.45) is 5.92 Å². The molecule has 1 aliphatic rings. The Bertz CT molecular complexity index is 956. The molecule has 1 heterocycles. The SMILES string of the molecule is O=C(NCCCSc1ccc(F)cc1)C1CC(=O)N(c2ccc(F)c([N+](=O)[O-])c2)C1. The topological polar surface area (TPSA) is 92.6 Å². The maximum atomic E-state index is 13.5. The third-order valence-corrected chi connectivity index (χ3v) is 5.73. The molecule has 0 bridgehead atoms. The van der Waals surface area contributed by atoms with Crippen LogP contribution in [0.2, 0.25) is 0 Å². The molecule has 2 aromatic rings. The minimum atomic E-state index is -0.983. The normalized spacial score (nSPS) is 16.0. The predicted molar refractivity (Wildman–Crippen MR) is 108 cm³/mol. The third-order valence-electron chi connectivity index (χ3n) is 4.64. The van der Waals surface area contributed by atoms with Crippen molar-refractivity contribution in [3.63, 3.8) is 0 Å². The van der Waals surface area contributed by atoms with Gasteiger partial charge in [-0.3, -0.25) is 19.7 Å². The van der Waals surface area contributed by atoms with E-state index in [1.165, 1.54) is 23.1 Å². The van der Waals surface area contributed by atoms with Gasteiger partial charge in [0.1, 0.15) is 5.82 Å². The number of amides is 2. The van der Waals surface area contributed by atoms with Gasteiger partial charge in [0.05, 0.1) is 16.5 Å². The van der Waals surface area contributed by atoms with Crippen molar-refractivity contribution in [2.45, 2.75) is 17.7 Å². The average molecular weight is 435 g/mol. The number of benzene rings is 2. The monoisotopic (exact) mass is 435 g/mol. The van der Waals surface area contributed by atoms with Crippen LogP contribution in [0.25, 0.3) is 0 Å². The molecule has 0 spiro atoms. The summed E-state index contributed by atoms with van der Waals surface area (Å²) in [4.78, 5) is 36.9. The van der Waals surface area contributed by atoms with Crippen molar-refractivity contribution in [1.82, 2.24) is 5.32 Å². The first-order chi connectivity index (χ1) is 14.3. The number of nitrogens with one attached hydrogen (secondary N) is 1. The molecular formula is C20H19F2N3O4S. The van der Waals surface area contributed by atoms with Crippen LogP contribution in [0.5, 0.6) is 0 Å². The summed E-state index contributed by atoms with van der Waals surface area (Å²) in [7, 11) is 0. The molecule has 2 aromatic carbocycles. The highest BCUT2D eigenvalue weighted by atomic mass is 32.2. The number of carbonyl (C=O) groups is 2. The Balaban J connectivity index is 1.47. The molecule has 7 nitrogen and oxygen atoms in total. The van der Waals surface area contributed by atoms with Gasteiger partial charge in [-0.2, -0.15) is 4.39 Å². The molecule has 10 heteroatoms. The summed E-state index contributed by atoms with van der Waals surface area (Å²) in [6.07, 6.45) is 0.684. The highest BCUT2D eigenvalue weighted by Gasteiger charge is 2.35. The number of hydrogen-bond acceptors (Lipinski definition) is 5. The number of nitro benzene ring substituents is 1. The molecule has 30 heavy (non-hydrogen) atoms. The van der Waals surface area contributed by atoms with Crippen molar-refractivity contribution in [3.8, 4) is 0 Å². The predicted octanol–water partition coefficient (Wildman–Crippen LogP) is 3.52. The lowest BCUT2D eigenvalue weighted by atomic mass is 10.1. The highest BCUT2D eigenvalue weighted by Crippen LogP contribution is 2.29. The maximum absolute atomic E-state index is 13.5. The number of anilines is 1. The number of hydrogen-bond donors (Lipinski definition) is 1. The standard InChI is InChI=1S/C20H19F2N3O4S/c21-14-2-5-16(6-3-14)30-9-1-8-23-20(27)13-10-19(26)24(12-13)15-4-7-17(22)18(11-15)25(28)29/h2-7,11,13H,1,8-10,12H2,(H,23,27). The van der Waals surface area contributed by atoms with Gasteiger partial charge in [0.25, 0.3) is 0 Å². The van der Waals surface area contributed by atoms with Crippen LogP contribution in [-0.2, 0) is 9.59 Å². The van der Waals surface area contributed by atoms with E-state index in [1.54, 1.807) is 23.9 Å². The Morgan fingerprint density at radius 1 is 1.23 bits per heavy atom. The van der Waals surface area contributed by atoms with Gasteiger partial charge < -0.3 is 10.2 Å². The largest absolute Gasteiger partial charge is 0.356 e. The zero-order valence-corrected chi connectivity index (χ0v) is 16.7. The second-order valence-corrected chi connectivity index (χ2v) is 7.91. The van der Waals surface area contributed by atoms with Gasteiger partial charge in [0.15, 0.2) is 0 Å². The first-order valence-corrected chi connectivity index (χ1v) is 10.2. The minimum Gasteiger partial charge on any atom is -0.356 e. The molecule has 2 amide bonds. The number of rotatable bonds is 8. The van der Waals surface area contributed by atoms with Gasteiger partial charge in [-0.1, -0.05) is 0 Å². The van der Waals surface area contributed by atoms with Crippen molar-refractivity contribution in [2.75, 3.05) is 23.7 Å². The Kier molecular flexibility index (Phi) is 6.99. The van der Waals surface area contributed by atoms with Crippen LogP contribution >= 0.6 is 11.8 Å². The van der Waals surface area contributed by atoms with Crippen LogP contribution in [0.1, 0.15) is 12.8 Å². The maximum Gasteiger partial charge on any atom is 0.306 e. The Morgan fingerprint density at radius 2 is 1.97 bits per heavy atom. The van der Waals surface area contributed by atoms with Crippen molar-refractivity contribution in [1.29, 1.82) is 0 Å². The quantitative estimate of drug-likeness (QED) is 0.296. The van der Waals surface area contributed by atoms with Crippen LogP contribution in [0.3, 0.4) is 0 Å². The summed E-state index contributed by atoms with van der Waals surface area (Å²) in [5.41, 5.74) is -0.522. The minimum absolute atomic E-state index is 0.0126. The van der Waals surface area contributed by atoms with Crippen LogP contribution in [0.15, 0.2) is 47.4 Å². The summed E-state index contributed by atoms with van der Waals surface area (Å²) in [5.74, 6) is -1.73. The fourth-order valence-corrected chi connectivity index (χ4v) is 3.94. The molecule has 1 fully saturated rings. The van der Waals surface area contributed by atoms with Crippen LogP contribution < -0.4 is 10.2 Å². The van der Waals surface area contributed by atoms with Crippen LogP contribution in [0, 0.1) is 27.7 Å².